The number of rotatable bonds is 4. The van der Waals surface area contributed by atoms with E-state index in [9.17, 15) is 14.7 Å². The monoisotopic (exact) mass is 464 g/mol. The van der Waals surface area contributed by atoms with Crippen LogP contribution in [-0.2, 0) is 9.47 Å². The summed E-state index contributed by atoms with van der Waals surface area (Å²) in [6.45, 7) is 7.79. The van der Waals surface area contributed by atoms with E-state index in [1.54, 1.807) is 12.3 Å². The number of carbonyl (C=O) groups is 2. The summed E-state index contributed by atoms with van der Waals surface area (Å²) in [6, 6.07) is 8.39. The van der Waals surface area contributed by atoms with Crippen molar-refractivity contribution in [3.8, 4) is 11.3 Å². The molecule has 0 saturated carbocycles. The van der Waals surface area contributed by atoms with Crippen molar-refractivity contribution >= 4 is 17.6 Å². The molecule has 4 rings (SSSR count). The minimum absolute atomic E-state index is 0.0442. The van der Waals surface area contributed by atoms with Crippen molar-refractivity contribution in [3.63, 3.8) is 0 Å². The second kappa shape index (κ2) is 8.95. The molecular formula is C26H28N2O6. The molecule has 1 aromatic carbocycles. The van der Waals surface area contributed by atoms with E-state index >= 15 is 0 Å². The van der Waals surface area contributed by atoms with Gasteiger partial charge in [-0.3, -0.25) is 4.98 Å². The van der Waals surface area contributed by atoms with Crippen LogP contribution in [0.1, 0.15) is 69.3 Å². The van der Waals surface area contributed by atoms with Crippen LogP contribution >= 0.6 is 0 Å². The summed E-state index contributed by atoms with van der Waals surface area (Å²) in [7, 11) is 2.46. The number of furan rings is 1. The second-order valence-electron chi connectivity index (χ2n) is 8.64. The molecule has 8 heteroatoms. The van der Waals surface area contributed by atoms with Gasteiger partial charge in [0, 0.05) is 17.8 Å². The van der Waals surface area contributed by atoms with Crippen molar-refractivity contribution in [2.24, 2.45) is 0 Å². The average Bonchev–Trinajstić information content (AvgIpc) is 3.18. The maximum absolute atomic E-state index is 13.0. The Labute approximate surface area is 198 Å². The smallest absolute Gasteiger partial charge is 0.374 e. The first-order valence-corrected chi connectivity index (χ1v) is 11.0. The number of anilines is 1. The fourth-order valence-electron chi connectivity index (χ4n) is 4.55. The summed E-state index contributed by atoms with van der Waals surface area (Å²) in [5, 5.41) is 11.8. The first-order chi connectivity index (χ1) is 16.2. The normalized spacial score (nSPS) is 17.1. The Morgan fingerprint density at radius 1 is 1.09 bits per heavy atom. The third-order valence-corrected chi connectivity index (χ3v) is 6.28. The molecular weight excluding hydrogens is 436 g/mol. The number of pyridine rings is 1. The lowest BCUT2D eigenvalue weighted by atomic mass is 9.91. The SMILES string of the molecule is COC(=O)c1oc2c(c1C(=O)OC)N(C(C)C)[C@H](c1ccccn1)[C@@H](O)c1cc(C)c(C)cc1-2. The van der Waals surface area contributed by atoms with E-state index < -0.39 is 24.1 Å². The average molecular weight is 465 g/mol. The Bertz CT molecular complexity index is 1250. The van der Waals surface area contributed by atoms with Gasteiger partial charge in [0.25, 0.3) is 0 Å². The molecule has 1 aliphatic heterocycles. The van der Waals surface area contributed by atoms with E-state index in [1.165, 1.54) is 14.2 Å². The third kappa shape index (κ3) is 3.64. The lowest BCUT2D eigenvalue weighted by Gasteiger charge is -2.38. The third-order valence-electron chi connectivity index (χ3n) is 6.28. The Morgan fingerprint density at radius 3 is 2.35 bits per heavy atom. The predicted molar refractivity (Wildman–Crippen MR) is 126 cm³/mol. The van der Waals surface area contributed by atoms with Crippen LogP contribution in [0, 0.1) is 13.8 Å². The van der Waals surface area contributed by atoms with Crippen molar-refractivity contribution < 1.29 is 28.6 Å². The summed E-state index contributed by atoms with van der Waals surface area (Å²) in [5.41, 5.74) is 4.10. The Balaban J connectivity index is 2.18. The highest BCUT2D eigenvalue weighted by Gasteiger charge is 2.44. The molecule has 3 aromatic rings. The number of nitrogens with zero attached hydrogens (tertiary/aromatic N) is 2. The highest BCUT2D eigenvalue weighted by atomic mass is 16.5. The number of esters is 2. The number of aryl methyl sites for hydroxylation is 2. The van der Waals surface area contributed by atoms with Gasteiger partial charge in [-0.2, -0.15) is 0 Å². The van der Waals surface area contributed by atoms with Gasteiger partial charge < -0.3 is 23.9 Å². The fourth-order valence-corrected chi connectivity index (χ4v) is 4.55. The van der Waals surface area contributed by atoms with Gasteiger partial charge >= 0.3 is 11.9 Å². The van der Waals surface area contributed by atoms with Crippen LogP contribution in [0.3, 0.4) is 0 Å². The molecule has 0 aliphatic carbocycles. The molecule has 2 aromatic heterocycles. The van der Waals surface area contributed by atoms with E-state index in [-0.39, 0.29) is 17.4 Å². The van der Waals surface area contributed by atoms with E-state index in [0.29, 0.717) is 28.3 Å². The first kappa shape index (κ1) is 23.5. The van der Waals surface area contributed by atoms with E-state index in [0.717, 1.165) is 11.1 Å². The highest BCUT2D eigenvalue weighted by Crippen LogP contribution is 2.52. The molecule has 0 bridgehead atoms. The maximum Gasteiger partial charge on any atom is 0.374 e. The molecule has 2 atom stereocenters. The van der Waals surface area contributed by atoms with Crippen molar-refractivity contribution in [2.75, 3.05) is 19.1 Å². The van der Waals surface area contributed by atoms with E-state index in [2.05, 4.69) is 4.98 Å². The molecule has 8 nitrogen and oxygen atoms in total. The standard InChI is InChI=1S/C26H28N2O6/c1-13(2)28-20(18-9-7-8-10-27-18)22(29)16-11-14(3)15(4)12-17(16)23-21(28)19(25(30)32-5)24(34-23)26(31)33-6/h7-13,20,22,29H,1-6H3/t20-,22+/m1/s1. The first-order valence-electron chi connectivity index (χ1n) is 11.0. The fraction of sp³-hybridized carbons (Fsp3) is 0.346. The molecule has 34 heavy (non-hydrogen) atoms. The summed E-state index contributed by atoms with van der Waals surface area (Å²) < 4.78 is 16.0. The summed E-state index contributed by atoms with van der Waals surface area (Å²) in [6.07, 6.45) is 0.658. The number of carbonyl (C=O) groups excluding carboxylic acids is 2. The lowest BCUT2D eigenvalue weighted by molar-refractivity contribution is 0.0529. The Morgan fingerprint density at radius 2 is 1.76 bits per heavy atom. The number of methoxy groups -OCH3 is 2. The molecule has 178 valence electrons. The van der Waals surface area contributed by atoms with Crippen molar-refractivity contribution in [1.82, 2.24) is 4.98 Å². The zero-order valence-electron chi connectivity index (χ0n) is 20.1. The van der Waals surface area contributed by atoms with Gasteiger partial charge in [-0.25, -0.2) is 9.59 Å². The number of hydrogen-bond acceptors (Lipinski definition) is 8. The quantitative estimate of drug-likeness (QED) is 0.562. The van der Waals surface area contributed by atoms with Crippen molar-refractivity contribution in [1.29, 1.82) is 0 Å². The molecule has 1 aliphatic rings. The van der Waals surface area contributed by atoms with Gasteiger partial charge in [-0.05, 0) is 62.6 Å². The molecule has 0 fully saturated rings. The number of aliphatic hydroxyl groups is 1. The number of aliphatic hydroxyl groups excluding tert-OH is 1. The van der Waals surface area contributed by atoms with Crippen LogP contribution in [0.5, 0.6) is 0 Å². The molecule has 0 amide bonds. The Hall–Kier alpha value is -3.65. The van der Waals surface area contributed by atoms with Crippen LogP contribution in [0.25, 0.3) is 11.3 Å². The molecule has 3 heterocycles. The molecule has 0 unspecified atom stereocenters. The summed E-state index contributed by atoms with van der Waals surface area (Å²) in [5.74, 6) is -1.48. The zero-order chi connectivity index (χ0) is 24.7. The van der Waals surface area contributed by atoms with Crippen molar-refractivity contribution in [3.05, 3.63) is 70.2 Å². The minimum atomic E-state index is -0.999. The van der Waals surface area contributed by atoms with Gasteiger partial charge in [0.2, 0.25) is 5.76 Å². The highest BCUT2D eigenvalue weighted by molar-refractivity contribution is 6.09. The predicted octanol–water partition coefficient (Wildman–Crippen LogP) is 4.53. The maximum atomic E-state index is 13.0. The van der Waals surface area contributed by atoms with E-state index in [4.69, 9.17) is 13.9 Å². The van der Waals surface area contributed by atoms with Gasteiger partial charge in [-0.15, -0.1) is 0 Å². The number of fused-ring (bicyclic) bond motifs is 3. The Kier molecular flexibility index (Phi) is 6.18. The number of hydrogen-bond donors (Lipinski definition) is 1. The molecule has 0 saturated heterocycles. The van der Waals surface area contributed by atoms with Gasteiger partial charge in [0.15, 0.2) is 5.76 Å². The van der Waals surface area contributed by atoms with Crippen LogP contribution in [0.2, 0.25) is 0 Å². The van der Waals surface area contributed by atoms with E-state index in [1.807, 2.05) is 56.9 Å². The molecule has 0 radical (unpaired) electrons. The van der Waals surface area contributed by atoms with Crippen molar-refractivity contribution in [2.45, 2.75) is 45.9 Å². The van der Waals surface area contributed by atoms with Gasteiger partial charge in [0.1, 0.15) is 23.4 Å². The van der Waals surface area contributed by atoms with Crippen LogP contribution < -0.4 is 4.90 Å². The second-order valence-corrected chi connectivity index (χ2v) is 8.64. The van der Waals surface area contributed by atoms with Crippen LogP contribution in [0.15, 0.2) is 40.9 Å². The largest absolute Gasteiger partial charge is 0.465 e. The van der Waals surface area contributed by atoms with Crippen LogP contribution in [0.4, 0.5) is 5.69 Å². The number of ether oxygens (including phenoxy) is 2. The minimum Gasteiger partial charge on any atom is -0.465 e. The molecule has 0 spiro atoms. The molecule has 1 N–H and O–H groups in total. The number of benzene rings is 1. The number of aromatic nitrogens is 1. The topological polar surface area (TPSA) is 102 Å². The lowest BCUT2D eigenvalue weighted by Crippen LogP contribution is -2.39. The van der Waals surface area contributed by atoms with Gasteiger partial charge in [-0.1, -0.05) is 12.1 Å². The summed E-state index contributed by atoms with van der Waals surface area (Å²) in [4.78, 5) is 32.1. The van der Waals surface area contributed by atoms with Gasteiger partial charge in [0.05, 0.1) is 19.9 Å². The van der Waals surface area contributed by atoms with Crippen LogP contribution in [-0.4, -0.2) is 42.3 Å². The summed E-state index contributed by atoms with van der Waals surface area (Å²) >= 11 is 0. The zero-order valence-corrected chi connectivity index (χ0v) is 20.1.